The number of carbonyl (C=O) groups is 4. The van der Waals surface area contributed by atoms with Crippen molar-refractivity contribution in [1.29, 1.82) is 0 Å². The summed E-state index contributed by atoms with van der Waals surface area (Å²) in [6.07, 6.45) is -0.855. The van der Waals surface area contributed by atoms with Crippen LogP contribution >= 0.6 is 11.6 Å². The molecule has 0 atom stereocenters. The number of hydrogen-bond donors (Lipinski definition) is 0. The van der Waals surface area contributed by atoms with E-state index in [-0.39, 0.29) is 12.2 Å². The molecule has 166 valence electrons. The van der Waals surface area contributed by atoms with Crippen molar-refractivity contribution >= 4 is 35.3 Å². The first kappa shape index (κ1) is 25.6. The number of Topliss-reactive ketones (excluding diaryl/α,β-unsaturated/α-hetero) is 1. The summed E-state index contributed by atoms with van der Waals surface area (Å²) in [6.45, 7) is 11.1. The van der Waals surface area contributed by atoms with Gasteiger partial charge in [-0.15, -0.1) is 0 Å². The molecule has 0 heterocycles. The largest absolute Gasteiger partial charge is 0.466 e. The molecule has 0 unspecified atom stereocenters. The highest BCUT2D eigenvalue weighted by molar-refractivity contribution is 6.31. The number of halogens is 1. The third-order valence-corrected chi connectivity index (χ3v) is 3.96. The maximum atomic E-state index is 13.5. The van der Waals surface area contributed by atoms with Crippen LogP contribution in [0.2, 0.25) is 5.02 Å². The number of ketones is 1. The molecule has 0 saturated carbocycles. The minimum absolute atomic E-state index is 0.000386. The van der Waals surface area contributed by atoms with Gasteiger partial charge < -0.3 is 14.2 Å². The molecule has 7 nitrogen and oxygen atoms in total. The fourth-order valence-corrected chi connectivity index (χ4v) is 2.63. The van der Waals surface area contributed by atoms with E-state index in [0.717, 1.165) is 0 Å². The van der Waals surface area contributed by atoms with E-state index in [9.17, 15) is 19.2 Å². The Bertz CT molecular complexity index is 770. The Morgan fingerprint density at radius 3 is 1.63 bits per heavy atom. The second kappa shape index (κ2) is 9.60. The third kappa shape index (κ3) is 6.83. The zero-order valence-corrected chi connectivity index (χ0v) is 19.2. The van der Waals surface area contributed by atoms with Crippen LogP contribution in [0.3, 0.4) is 0 Å². The summed E-state index contributed by atoms with van der Waals surface area (Å²) in [5.74, 6) is -4.21. The molecule has 0 aliphatic carbocycles. The van der Waals surface area contributed by atoms with Gasteiger partial charge in [-0.05, 0) is 72.7 Å². The topological polar surface area (TPSA) is 96.0 Å². The quantitative estimate of drug-likeness (QED) is 0.272. The van der Waals surface area contributed by atoms with Gasteiger partial charge in [0.2, 0.25) is 5.41 Å². The molecule has 0 fully saturated rings. The van der Waals surface area contributed by atoms with Crippen molar-refractivity contribution in [3.63, 3.8) is 0 Å². The molecule has 8 heteroatoms. The van der Waals surface area contributed by atoms with Crippen LogP contribution in [0.1, 0.15) is 65.2 Å². The summed E-state index contributed by atoms with van der Waals surface area (Å²) in [5, 5.41) is 0.358. The molecule has 30 heavy (non-hydrogen) atoms. The highest BCUT2D eigenvalue weighted by Crippen LogP contribution is 2.35. The maximum absolute atomic E-state index is 13.5. The SMILES string of the molecule is CCOC(=O)CC(C(=O)OC(C)(C)C)(C(=O)OC(C)(C)C)C(=O)c1ccc(Cl)cc1. The lowest BCUT2D eigenvalue weighted by Gasteiger charge is -2.33. The fraction of sp³-hybridized carbons (Fsp3) is 0.545. The van der Waals surface area contributed by atoms with E-state index < -0.39 is 46.7 Å². The van der Waals surface area contributed by atoms with Crippen LogP contribution in [0.4, 0.5) is 0 Å². The van der Waals surface area contributed by atoms with Crippen molar-refractivity contribution in [3.8, 4) is 0 Å². The summed E-state index contributed by atoms with van der Waals surface area (Å²) in [6, 6.07) is 5.60. The van der Waals surface area contributed by atoms with E-state index in [1.807, 2.05) is 0 Å². The highest BCUT2D eigenvalue weighted by Gasteiger charge is 2.59. The Hall–Kier alpha value is -2.41. The monoisotopic (exact) mass is 440 g/mol. The van der Waals surface area contributed by atoms with E-state index >= 15 is 0 Å². The van der Waals surface area contributed by atoms with Gasteiger partial charge >= 0.3 is 17.9 Å². The molecular weight excluding hydrogens is 412 g/mol. The number of ether oxygens (including phenoxy) is 3. The molecule has 0 spiro atoms. The summed E-state index contributed by atoms with van der Waals surface area (Å²) in [4.78, 5) is 52.4. The van der Waals surface area contributed by atoms with E-state index in [1.54, 1.807) is 48.5 Å². The summed E-state index contributed by atoms with van der Waals surface area (Å²) < 4.78 is 15.7. The normalized spacial score (nSPS) is 12.1. The van der Waals surface area contributed by atoms with E-state index in [4.69, 9.17) is 25.8 Å². The van der Waals surface area contributed by atoms with Crippen LogP contribution in [0.25, 0.3) is 0 Å². The van der Waals surface area contributed by atoms with Gasteiger partial charge in [-0.3, -0.25) is 19.2 Å². The molecule has 1 rings (SSSR count). The zero-order valence-electron chi connectivity index (χ0n) is 18.5. The zero-order chi connectivity index (χ0) is 23.3. The third-order valence-electron chi connectivity index (χ3n) is 3.70. The van der Waals surface area contributed by atoms with Gasteiger partial charge in [-0.25, -0.2) is 0 Å². The van der Waals surface area contributed by atoms with Gasteiger partial charge in [0.05, 0.1) is 13.0 Å². The smallest absolute Gasteiger partial charge is 0.332 e. The maximum Gasteiger partial charge on any atom is 0.332 e. The van der Waals surface area contributed by atoms with Gasteiger partial charge in [0, 0.05) is 10.6 Å². The molecule has 0 aliphatic heterocycles. The van der Waals surface area contributed by atoms with Crippen LogP contribution in [-0.4, -0.2) is 41.5 Å². The van der Waals surface area contributed by atoms with Crippen molar-refractivity contribution in [1.82, 2.24) is 0 Å². The minimum atomic E-state index is -2.57. The van der Waals surface area contributed by atoms with E-state index in [1.165, 1.54) is 24.3 Å². The average molecular weight is 441 g/mol. The number of benzene rings is 1. The number of rotatable bonds is 7. The number of carbonyl (C=O) groups excluding carboxylic acids is 4. The predicted octanol–water partition coefficient (Wildman–Crippen LogP) is 4.15. The molecule has 0 saturated heterocycles. The lowest BCUT2D eigenvalue weighted by molar-refractivity contribution is -0.184. The van der Waals surface area contributed by atoms with Crippen LogP contribution in [0.5, 0.6) is 0 Å². The first-order valence-electron chi connectivity index (χ1n) is 9.55. The molecule has 1 aromatic rings. The van der Waals surface area contributed by atoms with Crippen molar-refractivity contribution in [3.05, 3.63) is 34.9 Å². The minimum Gasteiger partial charge on any atom is -0.466 e. The van der Waals surface area contributed by atoms with Crippen molar-refractivity contribution in [2.75, 3.05) is 6.61 Å². The van der Waals surface area contributed by atoms with Gasteiger partial charge in [0.1, 0.15) is 11.2 Å². The lowest BCUT2D eigenvalue weighted by atomic mass is 9.76. The van der Waals surface area contributed by atoms with Crippen LogP contribution in [0.15, 0.2) is 24.3 Å². The fourth-order valence-electron chi connectivity index (χ4n) is 2.50. The molecule has 1 aromatic carbocycles. The molecule has 0 aliphatic rings. The van der Waals surface area contributed by atoms with E-state index in [2.05, 4.69) is 0 Å². The Morgan fingerprint density at radius 1 is 0.833 bits per heavy atom. The Labute approximate surface area is 182 Å². The average Bonchev–Trinajstić information content (AvgIpc) is 2.56. The van der Waals surface area contributed by atoms with Crippen molar-refractivity contribution < 1.29 is 33.4 Å². The van der Waals surface area contributed by atoms with Gasteiger partial charge in [-0.2, -0.15) is 0 Å². The Morgan fingerprint density at radius 2 is 1.27 bits per heavy atom. The van der Waals surface area contributed by atoms with Crippen molar-refractivity contribution in [2.45, 2.75) is 66.1 Å². The number of esters is 3. The summed E-state index contributed by atoms with van der Waals surface area (Å²) in [5.41, 5.74) is -4.63. The molecule has 0 N–H and O–H groups in total. The molecule has 0 amide bonds. The van der Waals surface area contributed by atoms with Crippen LogP contribution < -0.4 is 0 Å². The first-order valence-corrected chi connectivity index (χ1v) is 9.93. The van der Waals surface area contributed by atoms with Crippen LogP contribution in [0, 0.1) is 5.41 Å². The van der Waals surface area contributed by atoms with E-state index in [0.29, 0.717) is 5.02 Å². The van der Waals surface area contributed by atoms with Gasteiger partial charge in [-0.1, -0.05) is 11.6 Å². The predicted molar refractivity (Wildman–Crippen MR) is 111 cm³/mol. The molecule has 0 bridgehead atoms. The Balaban J connectivity index is 3.68. The van der Waals surface area contributed by atoms with Crippen LogP contribution in [-0.2, 0) is 28.6 Å². The first-order chi connectivity index (χ1) is 13.6. The lowest BCUT2D eigenvalue weighted by Crippen LogP contribution is -2.53. The van der Waals surface area contributed by atoms with Gasteiger partial charge in [0.25, 0.3) is 0 Å². The second-order valence-electron chi connectivity index (χ2n) is 8.73. The van der Waals surface area contributed by atoms with Gasteiger partial charge in [0.15, 0.2) is 5.78 Å². The van der Waals surface area contributed by atoms with Crippen molar-refractivity contribution in [2.24, 2.45) is 5.41 Å². The Kier molecular flexibility index (Phi) is 8.20. The summed E-state index contributed by atoms with van der Waals surface area (Å²) >= 11 is 5.89. The highest BCUT2D eigenvalue weighted by atomic mass is 35.5. The second-order valence-corrected chi connectivity index (χ2v) is 9.16. The standard InChI is InChI=1S/C22H29ClO7/c1-8-28-16(24)13-22(18(26)29-20(2,3)4,19(27)30-21(5,6)7)17(25)14-9-11-15(23)12-10-14/h9-12H,8,13H2,1-7H3. The summed E-state index contributed by atoms with van der Waals surface area (Å²) in [7, 11) is 0. The number of hydrogen-bond acceptors (Lipinski definition) is 7. The molecular formula is C22H29ClO7. The molecule has 0 aromatic heterocycles. The molecule has 0 radical (unpaired) electrons.